The van der Waals surface area contributed by atoms with Crippen LogP contribution in [0.2, 0.25) is 0 Å². The van der Waals surface area contributed by atoms with Gasteiger partial charge in [0.1, 0.15) is 0 Å². The van der Waals surface area contributed by atoms with Crippen molar-refractivity contribution in [3.63, 3.8) is 0 Å². The number of benzene rings is 1. The average molecular weight is 438 g/mol. The van der Waals surface area contributed by atoms with Gasteiger partial charge in [0, 0.05) is 48.0 Å². The van der Waals surface area contributed by atoms with Gasteiger partial charge in [-0.05, 0) is 78.6 Å². The van der Waals surface area contributed by atoms with Crippen molar-refractivity contribution in [3.8, 4) is 0 Å². The van der Waals surface area contributed by atoms with Crippen molar-refractivity contribution in [1.82, 2.24) is 20.2 Å². The van der Waals surface area contributed by atoms with Crippen molar-refractivity contribution in [2.24, 2.45) is 0 Å². The van der Waals surface area contributed by atoms with Gasteiger partial charge in [-0.25, -0.2) is 0 Å². The Morgan fingerprint density at radius 1 is 0.818 bits per heavy atom. The molecule has 4 rings (SSSR count). The van der Waals surface area contributed by atoms with Gasteiger partial charge in [-0.3, -0.25) is 24.7 Å². The monoisotopic (exact) mass is 438 g/mol. The van der Waals surface area contributed by atoms with Gasteiger partial charge in [-0.15, -0.1) is 0 Å². The molecule has 0 bridgehead atoms. The van der Waals surface area contributed by atoms with Crippen molar-refractivity contribution in [2.45, 2.75) is 13.8 Å². The number of hydrogen-bond donors (Lipinski definition) is 3. The minimum Gasteiger partial charge on any atom is -0.322 e. The lowest BCUT2D eigenvalue weighted by Gasteiger charge is -2.04. The minimum absolute atomic E-state index is 0.278. The van der Waals surface area contributed by atoms with Gasteiger partial charge < -0.3 is 10.6 Å². The van der Waals surface area contributed by atoms with Crippen molar-refractivity contribution in [3.05, 3.63) is 89.5 Å². The summed E-state index contributed by atoms with van der Waals surface area (Å²) in [6, 6.07) is 9.17. The number of rotatable bonds is 6. The summed E-state index contributed by atoms with van der Waals surface area (Å²) in [5, 5.41) is 13.3. The molecule has 0 atom stereocenters. The van der Waals surface area contributed by atoms with Gasteiger partial charge in [0.25, 0.3) is 0 Å². The smallest absolute Gasteiger partial charge is 0.249 e. The second-order valence-electron chi connectivity index (χ2n) is 7.57. The van der Waals surface area contributed by atoms with Crippen LogP contribution in [0.5, 0.6) is 0 Å². The van der Waals surface area contributed by atoms with E-state index in [1.165, 1.54) is 12.2 Å². The fourth-order valence-corrected chi connectivity index (χ4v) is 3.21. The Kier molecular flexibility index (Phi) is 6.36. The molecule has 0 unspecified atom stereocenters. The van der Waals surface area contributed by atoms with Crippen molar-refractivity contribution >= 4 is 46.4 Å². The number of pyridine rings is 2. The molecule has 0 aliphatic carbocycles. The number of H-pyrrole nitrogens is 1. The first-order valence-electron chi connectivity index (χ1n) is 10.3. The largest absolute Gasteiger partial charge is 0.322 e. The molecule has 8 nitrogen and oxygen atoms in total. The zero-order chi connectivity index (χ0) is 23.2. The second kappa shape index (κ2) is 9.69. The highest BCUT2D eigenvalue weighted by Crippen LogP contribution is 2.24. The number of amides is 2. The van der Waals surface area contributed by atoms with Gasteiger partial charge in [-0.2, -0.15) is 5.10 Å². The Labute approximate surface area is 190 Å². The van der Waals surface area contributed by atoms with E-state index in [9.17, 15) is 9.59 Å². The van der Waals surface area contributed by atoms with Crippen LogP contribution in [0.15, 0.2) is 67.3 Å². The molecule has 8 heteroatoms. The summed E-state index contributed by atoms with van der Waals surface area (Å²) in [7, 11) is 0. The molecule has 3 N–H and O–H groups in total. The topological polar surface area (TPSA) is 113 Å². The summed E-state index contributed by atoms with van der Waals surface area (Å²) >= 11 is 0. The first-order chi connectivity index (χ1) is 16.0. The number of aromatic nitrogens is 4. The summed E-state index contributed by atoms with van der Waals surface area (Å²) < 4.78 is 0. The van der Waals surface area contributed by atoms with Crippen LogP contribution >= 0.6 is 0 Å². The molecule has 4 aromatic rings. The number of carbonyl (C=O) groups is 2. The van der Waals surface area contributed by atoms with Crippen LogP contribution in [0.1, 0.15) is 22.3 Å². The van der Waals surface area contributed by atoms with E-state index < -0.39 is 0 Å². The Balaban J connectivity index is 1.44. The molecule has 0 aliphatic rings. The molecule has 3 aromatic heterocycles. The van der Waals surface area contributed by atoms with E-state index in [4.69, 9.17) is 0 Å². The van der Waals surface area contributed by atoms with Crippen molar-refractivity contribution in [2.75, 3.05) is 10.6 Å². The third-order valence-corrected chi connectivity index (χ3v) is 4.72. The van der Waals surface area contributed by atoms with Gasteiger partial charge in [0.15, 0.2) is 5.82 Å². The molecule has 2 amide bonds. The normalized spacial score (nSPS) is 11.3. The highest BCUT2D eigenvalue weighted by molar-refractivity contribution is 6.07. The number of aromatic amines is 1. The van der Waals surface area contributed by atoms with Crippen LogP contribution in [0.4, 0.5) is 11.5 Å². The van der Waals surface area contributed by atoms with Gasteiger partial charge >= 0.3 is 0 Å². The van der Waals surface area contributed by atoms with Crippen molar-refractivity contribution in [1.29, 1.82) is 0 Å². The molecule has 0 radical (unpaired) electrons. The number of hydrogen-bond acceptors (Lipinski definition) is 5. The predicted octanol–water partition coefficient (Wildman–Crippen LogP) is 4.27. The summed E-state index contributed by atoms with van der Waals surface area (Å²) in [5.74, 6) is -0.229. The fraction of sp³-hybridized carbons (Fsp3) is 0.0800. The van der Waals surface area contributed by atoms with Crippen LogP contribution in [0, 0.1) is 13.8 Å². The zero-order valence-electron chi connectivity index (χ0n) is 18.2. The molecule has 0 saturated carbocycles. The van der Waals surface area contributed by atoms with Gasteiger partial charge in [0.2, 0.25) is 11.8 Å². The lowest BCUT2D eigenvalue weighted by Crippen LogP contribution is -2.09. The number of anilines is 2. The number of fused-ring (bicyclic) bond motifs is 1. The lowest BCUT2D eigenvalue weighted by atomic mass is 10.2. The first-order valence-corrected chi connectivity index (χ1v) is 10.3. The molecule has 0 aliphatic heterocycles. The molecule has 3 heterocycles. The van der Waals surface area contributed by atoms with Crippen LogP contribution in [0.25, 0.3) is 23.1 Å². The molecule has 33 heavy (non-hydrogen) atoms. The Hall–Kier alpha value is -4.59. The maximum absolute atomic E-state index is 12.4. The number of nitrogens with zero attached hydrogens (tertiary/aromatic N) is 3. The summed E-state index contributed by atoms with van der Waals surface area (Å²) in [4.78, 5) is 32.9. The van der Waals surface area contributed by atoms with E-state index in [2.05, 4.69) is 30.8 Å². The number of carbonyl (C=O) groups excluding carboxylic acids is 2. The van der Waals surface area contributed by atoms with Crippen LogP contribution in [0.3, 0.4) is 0 Å². The molecule has 164 valence electrons. The van der Waals surface area contributed by atoms with E-state index in [0.29, 0.717) is 16.9 Å². The summed E-state index contributed by atoms with van der Waals surface area (Å²) in [6.07, 6.45) is 13.1. The maximum Gasteiger partial charge on any atom is 0.249 e. The highest BCUT2D eigenvalue weighted by atomic mass is 16.2. The molecule has 0 fully saturated rings. The SMILES string of the molecule is Cc1cncc(/C=C/C(=O)Nc2ccc3[nH]nc(NC(=O)/C=C/c4cncc(C)c4)c3c2)c1. The van der Waals surface area contributed by atoms with E-state index in [1.807, 2.05) is 26.0 Å². The molecular formula is C25H22N6O2. The number of aryl methyl sites for hydroxylation is 2. The van der Waals surface area contributed by atoms with Crippen molar-refractivity contribution < 1.29 is 9.59 Å². The fourth-order valence-electron chi connectivity index (χ4n) is 3.21. The summed E-state index contributed by atoms with van der Waals surface area (Å²) in [5.41, 5.74) is 5.01. The minimum atomic E-state index is -0.325. The highest BCUT2D eigenvalue weighted by Gasteiger charge is 2.09. The zero-order valence-corrected chi connectivity index (χ0v) is 18.2. The Morgan fingerprint density at radius 3 is 2.03 bits per heavy atom. The van der Waals surface area contributed by atoms with Gasteiger partial charge in [0.05, 0.1) is 5.52 Å². The first kappa shape index (κ1) is 21.6. The third-order valence-electron chi connectivity index (χ3n) is 4.72. The van der Waals surface area contributed by atoms with Crippen LogP contribution < -0.4 is 10.6 Å². The van der Waals surface area contributed by atoms with Crippen LogP contribution in [-0.2, 0) is 9.59 Å². The molecule has 1 aromatic carbocycles. The lowest BCUT2D eigenvalue weighted by molar-refractivity contribution is -0.112. The van der Waals surface area contributed by atoms with Gasteiger partial charge in [-0.1, -0.05) is 0 Å². The average Bonchev–Trinajstić information content (AvgIpc) is 3.18. The molecule has 0 saturated heterocycles. The Bertz CT molecular complexity index is 1390. The van der Waals surface area contributed by atoms with E-state index in [0.717, 1.165) is 27.8 Å². The standard InChI is InChI=1S/C25H22N6O2/c1-16-9-18(14-26-12-16)3-7-23(32)28-20-5-6-22-21(11-20)25(31-30-22)29-24(33)8-4-19-10-17(2)13-27-15-19/h3-15H,1-2H3,(H,28,32)(H2,29,30,31,33)/b7-3+,8-4+. The second-order valence-corrected chi connectivity index (χ2v) is 7.57. The third kappa shape index (κ3) is 5.76. The van der Waals surface area contributed by atoms with E-state index in [1.54, 1.807) is 55.1 Å². The number of nitrogens with one attached hydrogen (secondary N) is 3. The quantitative estimate of drug-likeness (QED) is 0.389. The Morgan fingerprint density at radius 2 is 1.42 bits per heavy atom. The predicted molar refractivity (Wildman–Crippen MR) is 129 cm³/mol. The van der Waals surface area contributed by atoms with Crippen LogP contribution in [-0.4, -0.2) is 32.0 Å². The maximum atomic E-state index is 12.4. The molecule has 0 spiro atoms. The molecular weight excluding hydrogens is 416 g/mol. The van der Waals surface area contributed by atoms with E-state index in [-0.39, 0.29) is 11.8 Å². The van der Waals surface area contributed by atoms with E-state index >= 15 is 0 Å². The summed E-state index contributed by atoms with van der Waals surface area (Å²) in [6.45, 7) is 3.88.